The number of nitrogens with zero attached hydrogens (tertiary/aromatic N) is 3. The monoisotopic (exact) mass is 221 g/mol. The first-order chi connectivity index (χ1) is 8.43. The van der Waals surface area contributed by atoms with E-state index in [0.29, 0.717) is 0 Å². The summed E-state index contributed by atoms with van der Waals surface area (Å²) >= 11 is 0. The van der Waals surface area contributed by atoms with Gasteiger partial charge in [-0.05, 0) is 23.8 Å². The molecular weight excluding hydrogens is 210 g/mol. The summed E-state index contributed by atoms with van der Waals surface area (Å²) in [5, 5.41) is 4.26. The number of aromatic nitrogens is 3. The van der Waals surface area contributed by atoms with Crippen LogP contribution in [0.2, 0.25) is 0 Å². The lowest BCUT2D eigenvalue weighted by Crippen LogP contribution is -1.91. The van der Waals surface area contributed by atoms with Crippen LogP contribution in [0.15, 0.2) is 54.9 Å². The maximum Gasteiger partial charge on any atom is 0.154 e. The van der Waals surface area contributed by atoms with Crippen LogP contribution in [0.25, 0.3) is 17.8 Å². The third kappa shape index (κ3) is 1.95. The topological polar surface area (TPSA) is 30.2 Å². The van der Waals surface area contributed by atoms with Crippen molar-refractivity contribution in [3.63, 3.8) is 0 Å². The summed E-state index contributed by atoms with van der Waals surface area (Å²) in [6.45, 7) is 0. The van der Waals surface area contributed by atoms with Crippen molar-refractivity contribution in [2.24, 2.45) is 0 Å². The van der Waals surface area contributed by atoms with Gasteiger partial charge in [-0.3, -0.25) is 0 Å². The Morgan fingerprint density at radius 3 is 2.71 bits per heavy atom. The lowest BCUT2D eigenvalue weighted by Gasteiger charge is -1.94. The average Bonchev–Trinajstić information content (AvgIpc) is 2.81. The molecule has 0 spiro atoms. The molecule has 0 fully saturated rings. The molecular formula is C14H11N3. The fraction of sp³-hybridized carbons (Fsp3) is 0. The van der Waals surface area contributed by atoms with E-state index < -0.39 is 0 Å². The molecule has 3 nitrogen and oxygen atoms in total. The number of hydrogen-bond donors (Lipinski definition) is 0. The summed E-state index contributed by atoms with van der Waals surface area (Å²) < 4.78 is 1.82. The van der Waals surface area contributed by atoms with E-state index in [9.17, 15) is 0 Å². The highest BCUT2D eigenvalue weighted by molar-refractivity contribution is 5.68. The molecule has 0 bridgehead atoms. The summed E-state index contributed by atoms with van der Waals surface area (Å²) in [5.41, 5.74) is 3.00. The van der Waals surface area contributed by atoms with Crippen molar-refractivity contribution < 1.29 is 0 Å². The van der Waals surface area contributed by atoms with Crippen LogP contribution < -0.4 is 0 Å². The molecule has 3 rings (SSSR count). The van der Waals surface area contributed by atoms with Crippen LogP contribution in [0.5, 0.6) is 0 Å². The normalized spacial score (nSPS) is 11.3. The van der Waals surface area contributed by atoms with Crippen molar-refractivity contribution in [2.45, 2.75) is 0 Å². The van der Waals surface area contributed by atoms with E-state index in [1.165, 1.54) is 5.56 Å². The highest BCUT2D eigenvalue weighted by atomic mass is 15.2. The second-order valence-corrected chi connectivity index (χ2v) is 3.72. The van der Waals surface area contributed by atoms with Gasteiger partial charge in [0.1, 0.15) is 0 Å². The fourth-order valence-corrected chi connectivity index (χ4v) is 1.71. The van der Waals surface area contributed by atoms with Crippen molar-refractivity contribution in [3.8, 4) is 0 Å². The average molecular weight is 221 g/mol. The predicted octanol–water partition coefficient (Wildman–Crippen LogP) is 2.90. The molecule has 0 aliphatic rings. The minimum atomic E-state index is 0.861. The van der Waals surface area contributed by atoms with E-state index in [1.54, 1.807) is 6.20 Å². The zero-order valence-electron chi connectivity index (χ0n) is 9.19. The van der Waals surface area contributed by atoms with E-state index in [1.807, 2.05) is 47.1 Å². The van der Waals surface area contributed by atoms with Gasteiger partial charge in [0.25, 0.3) is 0 Å². The molecule has 0 atom stereocenters. The number of rotatable bonds is 2. The molecule has 3 aromatic rings. The van der Waals surface area contributed by atoms with Crippen LogP contribution in [0.1, 0.15) is 11.3 Å². The molecule has 82 valence electrons. The zero-order chi connectivity index (χ0) is 11.5. The lowest BCUT2D eigenvalue weighted by molar-refractivity contribution is 0.926. The summed E-state index contributed by atoms with van der Waals surface area (Å²) in [6, 6.07) is 14.0. The van der Waals surface area contributed by atoms with E-state index in [4.69, 9.17) is 0 Å². The van der Waals surface area contributed by atoms with Crippen molar-refractivity contribution in [1.82, 2.24) is 14.6 Å². The largest absolute Gasteiger partial charge is 0.235 e. The van der Waals surface area contributed by atoms with Gasteiger partial charge in [-0.15, -0.1) is 0 Å². The number of hydrogen-bond acceptors (Lipinski definition) is 2. The molecule has 17 heavy (non-hydrogen) atoms. The van der Waals surface area contributed by atoms with E-state index in [0.717, 1.165) is 11.3 Å². The predicted molar refractivity (Wildman–Crippen MR) is 68.4 cm³/mol. The summed E-state index contributed by atoms with van der Waals surface area (Å²) in [5.74, 6) is 0. The molecule has 0 aliphatic carbocycles. The van der Waals surface area contributed by atoms with E-state index in [2.05, 4.69) is 28.3 Å². The van der Waals surface area contributed by atoms with Crippen molar-refractivity contribution in [2.75, 3.05) is 0 Å². The Hall–Kier alpha value is -2.42. The van der Waals surface area contributed by atoms with E-state index >= 15 is 0 Å². The molecule has 1 aromatic carbocycles. The number of benzene rings is 1. The first-order valence-electron chi connectivity index (χ1n) is 5.45. The molecule has 0 N–H and O–H groups in total. The molecule has 0 amide bonds. The number of imidazole rings is 1. The minimum Gasteiger partial charge on any atom is -0.235 e. The first kappa shape index (κ1) is 9.78. The Labute approximate surface area is 99.1 Å². The quantitative estimate of drug-likeness (QED) is 0.666. The Balaban J connectivity index is 1.98. The van der Waals surface area contributed by atoms with E-state index in [-0.39, 0.29) is 0 Å². The maximum absolute atomic E-state index is 4.28. The van der Waals surface area contributed by atoms with Crippen molar-refractivity contribution >= 4 is 17.8 Å². The van der Waals surface area contributed by atoms with Gasteiger partial charge >= 0.3 is 0 Å². The summed E-state index contributed by atoms with van der Waals surface area (Å²) in [6.07, 6.45) is 7.65. The zero-order valence-corrected chi connectivity index (χ0v) is 9.19. The fourth-order valence-electron chi connectivity index (χ4n) is 1.71. The summed E-state index contributed by atoms with van der Waals surface area (Å²) in [7, 11) is 0. The van der Waals surface area contributed by atoms with Crippen LogP contribution in [0.4, 0.5) is 0 Å². The van der Waals surface area contributed by atoms with Crippen molar-refractivity contribution in [1.29, 1.82) is 0 Å². The molecule has 0 saturated heterocycles. The first-order valence-corrected chi connectivity index (χ1v) is 5.45. The third-order valence-corrected chi connectivity index (χ3v) is 2.55. The Morgan fingerprint density at radius 2 is 1.82 bits per heavy atom. The second kappa shape index (κ2) is 4.22. The van der Waals surface area contributed by atoms with Gasteiger partial charge in [0, 0.05) is 6.20 Å². The van der Waals surface area contributed by atoms with Gasteiger partial charge in [0.05, 0.1) is 11.9 Å². The SMILES string of the molecule is C(=C\c1cnc2cccnn12)/c1ccccc1. The smallest absolute Gasteiger partial charge is 0.154 e. The minimum absolute atomic E-state index is 0.861. The highest BCUT2D eigenvalue weighted by Crippen LogP contribution is 2.09. The Morgan fingerprint density at radius 1 is 0.941 bits per heavy atom. The van der Waals surface area contributed by atoms with Crippen LogP contribution in [-0.2, 0) is 0 Å². The van der Waals surface area contributed by atoms with Crippen LogP contribution in [-0.4, -0.2) is 14.6 Å². The van der Waals surface area contributed by atoms with Crippen molar-refractivity contribution in [3.05, 3.63) is 66.1 Å². The Kier molecular flexibility index (Phi) is 2.43. The molecule has 2 aromatic heterocycles. The Bertz CT molecular complexity index is 653. The van der Waals surface area contributed by atoms with Crippen LogP contribution in [0.3, 0.4) is 0 Å². The van der Waals surface area contributed by atoms with Gasteiger partial charge in [0.15, 0.2) is 5.65 Å². The molecule has 0 radical (unpaired) electrons. The van der Waals surface area contributed by atoms with Crippen LogP contribution in [0, 0.1) is 0 Å². The highest BCUT2D eigenvalue weighted by Gasteiger charge is 1.98. The molecule has 2 heterocycles. The third-order valence-electron chi connectivity index (χ3n) is 2.55. The standard InChI is InChI=1S/C14H11N3/c1-2-5-12(6-3-1)8-9-13-11-15-14-7-4-10-16-17(13)14/h1-11H/b9-8+. The van der Waals surface area contributed by atoms with Gasteiger partial charge < -0.3 is 0 Å². The van der Waals surface area contributed by atoms with Gasteiger partial charge in [0.2, 0.25) is 0 Å². The number of fused-ring (bicyclic) bond motifs is 1. The van der Waals surface area contributed by atoms with Gasteiger partial charge in [-0.25, -0.2) is 9.50 Å². The molecule has 0 saturated carbocycles. The summed E-state index contributed by atoms with van der Waals surface area (Å²) in [4.78, 5) is 4.28. The second-order valence-electron chi connectivity index (χ2n) is 3.72. The maximum atomic E-state index is 4.28. The lowest BCUT2D eigenvalue weighted by atomic mass is 10.2. The van der Waals surface area contributed by atoms with Crippen LogP contribution >= 0.6 is 0 Å². The van der Waals surface area contributed by atoms with Gasteiger partial charge in [-0.1, -0.05) is 36.4 Å². The molecule has 0 aliphatic heterocycles. The van der Waals surface area contributed by atoms with Gasteiger partial charge in [-0.2, -0.15) is 5.10 Å². The molecule has 0 unspecified atom stereocenters. The molecule has 3 heteroatoms.